The molecule has 1 aromatic carbocycles. The van der Waals surface area contributed by atoms with Crippen molar-refractivity contribution in [2.24, 2.45) is 0 Å². The molecule has 5 nitrogen and oxygen atoms in total. The van der Waals surface area contributed by atoms with Gasteiger partial charge in [0.25, 0.3) is 0 Å². The number of aliphatic hydroxyl groups excluding tert-OH is 1. The molecule has 6 heteroatoms. The van der Waals surface area contributed by atoms with Crippen LogP contribution >= 0.6 is 11.3 Å². The molecule has 0 bridgehead atoms. The first-order valence-corrected chi connectivity index (χ1v) is 8.12. The number of rotatable bonds is 5. The standard InChI is InChI=1S/C17H19NO4S/c1-4-22-17(21)14-13(12-8-6-5-7-9-12)15(10(2)19)23-16(14)18-11(3)20/h5-10,19H,4H2,1-3H3,(H,18,20)/t10-/m0/s1. The van der Waals surface area contributed by atoms with Crippen molar-refractivity contribution in [2.75, 3.05) is 11.9 Å². The van der Waals surface area contributed by atoms with E-state index in [1.54, 1.807) is 13.8 Å². The minimum Gasteiger partial charge on any atom is -0.462 e. The van der Waals surface area contributed by atoms with Gasteiger partial charge < -0.3 is 15.2 Å². The third-order valence-corrected chi connectivity index (χ3v) is 4.42. The summed E-state index contributed by atoms with van der Waals surface area (Å²) in [6, 6.07) is 9.29. The molecule has 1 heterocycles. The van der Waals surface area contributed by atoms with Crippen molar-refractivity contribution in [2.45, 2.75) is 26.9 Å². The summed E-state index contributed by atoms with van der Waals surface area (Å²) in [4.78, 5) is 24.5. The molecule has 0 aliphatic carbocycles. The van der Waals surface area contributed by atoms with Crippen LogP contribution in [0.25, 0.3) is 11.1 Å². The van der Waals surface area contributed by atoms with Crippen LogP contribution in [0.4, 0.5) is 5.00 Å². The number of nitrogens with one attached hydrogen (secondary N) is 1. The summed E-state index contributed by atoms with van der Waals surface area (Å²) in [5.74, 6) is -0.799. The number of aliphatic hydroxyl groups is 1. The van der Waals surface area contributed by atoms with Crippen LogP contribution in [-0.4, -0.2) is 23.6 Å². The highest BCUT2D eigenvalue weighted by molar-refractivity contribution is 7.17. The van der Waals surface area contributed by atoms with Gasteiger partial charge in [-0.3, -0.25) is 4.79 Å². The summed E-state index contributed by atoms with van der Waals surface area (Å²) >= 11 is 1.19. The first-order valence-electron chi connectivity index (χ1n) is 7.30. The maximum atomic E-state index is 12.4. The number of carbonyl (C=O) groups excluding carboxylic acids is 2. The molecule has 0 spiro atoms. The second-order valence-corrected chi connectivity index (χ2v) is 6.04. The molecular weight excluding hydrogens is 314 g/mol. The van der Waals surface area contributed by atoms with Gasteiger partial charge in [0.2, 0.25) is 5.91 Å². The number of thiophene rings is 1. The molecule has 2 N–H and O–H groups in total. The number of ether oxygens (including phenoxy) is 1. The van der Waals surface area contributed by atoms with Crippen molar-refractivity contribution in [3.8, 4) is 11.1 Å². The first-order chi connectivity index (χ1) is 11.0. The quantitative estimate of drug-likeness (QED) is 0.820. The smallest absolute Gasteiger partial charge is 0.341 e. The maximum absolute atomic E-state index is 12.4. The molecule has 23 heavy (non-hydrogen) atoms. The molecule has 0 aliphatic rings. The van der Waals surface area contributed by atoms with Crippen LogP contribution in [-0.2, 0) is 9.53 Å². The van der Waals surface area contributed by atoms with E-state index in [9.17, 15) is 14.7 Å². The van der Waals surface area contributed by atoms with Gasteiger partial charge in [-0.2, -0.15) is 0 Å². The zero-order valence-corrected chi connectivity index (χ0v) is 14.1. The van der Waals surface area contributed by atoms with E-state index >= 15 is 0 Å². The van der Waals surface area contributed by atoms with Gasteiger partial charge in [-0.15, -0.1) is 11.3 Å². The highest BCUT2D eigenvalue weighted by Gasteiger charge is 2.28. The number of hydrogen-bond acceptors (Lipinski definition) is 5. The number of esters is 1. The van der Waals surface area contributed by atoms with Gasteiger partial charge in [-0.1, -0.05) is 30.3 Å². The van der Waals surface area contributed by atoms with Crippen molar-refractivity contribution >= 4 is 28.2 Å². The number of benzene rings is 1. The second kappa shape index (κ2) is 7.39. The van der Waals surface area contributed by atoms with Crippen molar-refractivity contribution in [3.63, 3.8) is 0 Å². The third-order valence-electron chi connectivity index (χ3n) is 3.15. The van der Waals surface area contributed by atoms with Gasteiger partial charge in [0.15, 0.2) is 0 Å². The van der Waals surface area contributed by atoms with Gasteiger partial charge >= 0.3 is 5.97 Å². The van der Waals surface area contributed by atoms with Gasteiger partial charge in [0, 0.05) is 17.4 Å². The topological polar surface area (TPSA) is 75.6 Å². The van der Waals surface area contributed by atoms with Gasteiger partial charge in [0.05, 0.1) is 12.7 Å². The van der Waals surface area contributed by atoms with Crippen LogP contribution in [0.2, 0.25) is 0 Å². The fourth-order valence-electron chi connectivity index (χ4n) is 2.28. The molecule has 2 rings (SSSR count). The van der Waals surface area contributed by atoms with Crippen LogP contribution in [0.3, 0.4) is 0 Å². The minimum absolute atomic E-state index is 0.229. The van der Waals surface area contributed by atoms with E-state index < -0.39 is 12.1 Å². The van der Waals surface area contributed by atoms with Gasteiger partial charge in [-0.05, 0) is 19.4 Å². The fraction of sp³-hybridized carbons (Fsp3) is 0.294. The monoisotopic (exact) mass is 333 g/mol. The van der Waals surface area contributed by atoms with E-state index in [4.69, 9.17) is 4.74 Å². The zero-order valence-electron chi connectivity index (χ0n) is 13.3. The van der Waals surface area contributed by atoms with Crippen molar-refractivity contribution in [3.05, 3.63) is 40.8 Å². The molecule has 0 unspecified atom stereocenters. The van der Waals surface area contributed by atoms with E-state index in [1.165, 1.54) is 18.3 Å². The molecule has 0 saturated carbocycles. The lowest BCUT2D eigenvalue weighted by atomic mass is 9.99. The molecule has 0 radical (unpaired) electrons. The van der Waals surface area contributed by atoms with E-state index in [-0.39, 0.29) is 18.1 Å². The Morgan fingerprint density at radius 2 is 1.96 bits per heavy atom. The largest absolute Gasteiger partial charge is 0.462 e. The minimum atomic E-state index is -0.772. The average molecular weight is 333 g/mol. The van der Waals surface area contributed by atoms with E-state index in [0.717, 1.165) is 5.56 Å². The van der Waals surface area contributed by atoms with E-state index in [2.05, 4.69) is 5.32 Å². The summed E-state index contributed by atoms with van der Waals surface area (Å²) < 4.78 is 5.14. The predicted octanol–water partition coefficient (Wildman–Crippen LogP) is 3.60. The summed E-state index contributed by atoms with van der Waals surface area (Å²) in [6.07, 6.45) is -0.772. The highest BCUT2D eigenvalue weighted by Crippen LogP contribution is 2.43. The van der Waals surface area contributed by atoms with Gasteiger partial charge in [-0.25, -0.2) is 4.79 Å². The molecule has 2 aromatic rings. The number of hydrogen-bond donors (Lipinski definition) is 2. The fourth-order valence-corrected chi connectivity index (χ4v) is 3.47. The summed E-state index contributed by atoms with van der Waals surface area (Å²) in [6.45, 7) is 4.95. The van der Waals surface area contributed by atoms with E-state index in [1.807, 2.05) is 30.3 Å². The predicted molar refractivity (Wildman–Crippen MR) is 90.6 cm³/mol. The number of amides is 1. The zero-order chi connectivity index (χ0) is 17.0. The van der Waals surface area contributed by atoms with Crippen LogP contribution in [0.5, 0.6) is 0 Å². The maximum Gasteiger partial charge on any atom is 0.341 e. The first kappa shape index (κ1) is 17.2. The Morgan fingerprint density at radius 1 is 1.30 bits per heavy atom. The number of anilines is 1. The second-order valence-electron chi connectivity index (χ2n) is 4.99. The molecule has 0 aliphatic heterocycles. The molecular formula is C17H19NO4S. The molecule has 1 aromatic heterocycles. The Kier molecular flexibility index (Phi) is 5.52. The van der Waals surface area contributed by atoms with Crippen LogP contribution in [0, 0.1) is 0 Å². The lowest BCUT2D eigenvalue weighted by Crippen LogP contribution is -2.11. The summed E-state index contributed by atoms with van der Waals surface area (Å²) in [5.41, 5.74) is 1.68. The molecule has 1 atom stereocenters. The van der Waals surface area contributed by atoms with E-state index in [0.29, 0.717) is 15.4 Å². The molecule has 0 fully saturated rings. The van der Waals surface area contributed by atoms with Crippen LogP contribution < -0.4 is 5.32 Å². The Balaban J connectivity index is 2.71. The third kappa shape index (κ3) is 3.78. The summed E-state index contributed by atoms with van der Waals surface area (Å²) in [7, 11) is 0. The Bertz CT molecular complexity index is 707. The Labute approximate surface area is 138 Å². The highest BCUT2D eigenvalue weighted by atomic mass is 32.1. The average Bonchev–Trinajstić information content (AvgIpc) is 2.87. The van der Waals surface area contributed by atoms with Crippen LogP contribution in [0.1, 0.15) is 42.1 Å². The Hall–Kier alpha value is -2.18. The summed E-state index contributed by atoms with van der Waals surface area (Å²) in [5, 5.41) is 13.2. The van der Waals surface area contributed by atoms with Crippen molar-refractivity contribution in [1.29, 1.82) is 0 Å². The number of carbonyl (C=O) groups is 2. The molecule has 122 valence electrons. The normalized spacial score (nSPS) is 11.8. The lowest BCUT2D eigenvalue weighted by Gasteiger charge is -2.10. The molecule has 0 saturated heterocycles. The Morgan fingerprint density at radius 3 is 2.48 bits per heavy atom. The van der Waals surface area contributed by atoms with Gasteiger partial charge in [0.1, 0.15) is 10.6 Å². The molecule has 1 amide bonds. The SMILES string of the molecule is CCOC(=O)c1c(NC(C)=O)sc([C@H](C)O)c1-c1ccccc1. The van der Waals surface area contributed by atoms with Crippen molar-refractivity contribution in [1.82, 2.24) is 0 Å². The lowest BCUT2D eigenvalue weighted by molar-refractivity contribution is -0.114. The van der Waals surface area contributed by atoms with Crippen molar-refractivity contribution < 1.29 is 19.4 Å². The van der Waals surface area contributed by atoms with Crippen LogP contribution in [0.15, 0.2) is 30.3 Å².